The number of aromatic nitrogens is 1. The molecule has 0 aliphatic carbocycles. The number of H-pyrrole nitrogens is 1. The molecule has 0 spiro atoms. The van der Waals surface area contributed by atoms with E-state index in [1.54, 1.807) is 4.90 Å². The Morgan fingerprint density at radius 3 is 2.76 bits per heavy atom. The minimum absolute atomic E-state index is 0.00935. The minimum atomic E-state index is -0.419. The van der Waals surface area contributed by atoms with Gasteiger partial charge >= 0.3 is 0 Å². The van der Waals surface area contributed by atoms with Crippen LogP contribution in [0, 0.1) is 5.92 Å². The highest BCUT2D eigenvalue weighted by molar-refractivity contribution is 6.30. The highest BCUT2D eigenvalue weighted by Crippen LogP contribution is 2.30. The number of allylic oxidation sites excluding steroid dienone is 1. The first kappa shape index (κ1) is 17.7. The fraction of sp³-hybridized carbons (Fsp3) is 0.500. The maximum absolute atomic E-state index is 12.8. The normalized spacial score (nSPS) is 22.8. The van der Waals surface area contributed by atoms with E-state index in [0.717, 1.165) is 12.8 Å². The Morgan fingerprint density at radius 2 is 2.08 bits per heavy atom. The average Bonchev–Trinajstić information content (AvgIpc) is 2.86. The van der Waals surface area contributed by atoms with Crippen LogP contribution in [0.5, 0.6) is 0 Å². The summed E-state index contributed by atoms with van der Waals surface area (Å²) in [6.45, 7) is 5.53. The van der Waals surface area contributed by atoms with Gasteiger partial charge in [0.1, 0.15) is 5.02 Å². The Balaban J connectivity index is 1.82. The second-order valence-corrected chi connectivity index (χ2v) is 7.38. The van der Waals surface area contributed by atoms with E-state index in [1.165, 1.54) is 17.8 Å². The van der Waals surface area contributed by atoms with E-state index in [1.807, 2.05) is 24.8 Å². The molecule has 25 heavy (non-hydrogen) atoms. The van der Waals surface area contributed by atoms with Crippen LogP contribution in [0.25, 0.3) is 0 Å². The number of aromatic amines is 1. The van der Waals surface area contributed by atoms with Gasteiger partial charge < -0.3 is 14.8 Å². The molecule has 4 heterocycles. The van der Waals surface area contributed by atoms with Gasteiger partial charge in [0.05, 0.1) is 11.5 Å². The number of nitrogens with zero attached hydrogens (tertiary/aromatic N) is 2. The molecule has 4 rings (SSSR count). The summed E-state index contributed by atoms with van der Waals surface area (Å²) in [6, 6.07) is 1.42. The Bertz CT molecular complexity index is 782. The summed E-state index contributed by atoms with van der Waals surface area (Å²) < 4.78 is 0. The van der Waals surface area contributed by atoms with Crippen molar-refractivity contribution in [2.45, 2.75) is 32.7 Å². The zero-order valence-corrected chi connectivity index (χ0v) is 15.2. The van der Waals surface area contributed by atoms with Gasteiger partial charge in [-0.05, 0) is 32.8 Å². The van der Waals surface area contributed by atoms with Crippen molar-refractivity contribution in [3.63, 3.8) is 0 Å². The SMILES string of the molecule is CC(C)=CCN1C(=O)[C@H]2CC[C@@H]1CN(C(=O)c1c[nH]c(=O)c(Cl)c1)C2. The van der Waals surface area contributed by atoms with Crippen molar-refractivity contribution in [1.82, 2.24) is 14.8 Å². The second-order valence-electron chi connectivity index (χ2n) is 6.98. The number of halogens is 1. The summed E-state index contributed by atoms with van der Waals surface area (Å²) in [5.74, 6) is -0.234. The molecule has 7 heteroatoms. The predicted octanol–water partition coefficient (Wildman–Crippen LogP) is 2.06. The lowest BCUT2D eigenvalue weighted by molar-refractivity contribution is -0.139. The van der Waals surface area contributed by atoms with Crippen molar-refractivity contribution in [3.8, 4) is 0 Å². The van der Waals surface area contributed by atoms with Crippen LogP contribution in [0.1, 0.15) is 37.0 Å². The van der Waals surface area contributed by atoms with Crippen molar-refractivity contribution in [3.05, 3.63) is 44.9 Å². The van der Waals surface area contributed by atoms with Gasteiger partial charge in [-0.3, -0.25) is 14.4 Å². The largest absolute Gasteiger partial charge is 0.336 e. The highest BCUT2D eigenvalue weighted by Gasteiger charge is 2.41. The van der Waals surface area contributed by atoms with E-state index in [-0.39, 0.29) is 28.8 Å². The van der Waals surface area contributed by atoms with Gasteiger partial charge in [0.2, 0.25) is 5.91 Å². The molecule has 3 fully saturated rings. The van der Waals surface area contributed by atoms with Crippen LogP contribution >= 0.6 is 11.6 Å². The number of hydrogen-bond acceptors (Lipinski definition) is 3. The summed E-state index contributed by atoms with van der Waals surface area (Å²) in [4.78, 5) is 43.0. The molecular weight excluding hydrogens is 342 g/mol. The lowest BCUT2D eigenvalue weighted by Gasteiger charge is -2.35. The molecule has 6 nitrogen and oxygen atoms in total. The number of amides is 2. The van der Waals surface area contributed by atoms with Crippen molar-refractivity contribution in [1.29, 1.82) is 0 Å². The lowest BCUT2D eigenvalue weighted by Crippen LogP contribution is -2.48. The summed E-state index contributed by atoms with van der Waals surface area (Å²) in [6.07, 6.45) is 5.15. The third-order valence-electron chi connectivity index (χ3n) is 4.88. The molecule has 2 amide bonds. The number of hydrogen-bond donors (Lipinski definition) is 1. The molecule has 134 valence electrons. The smallest absolute Gasteiger partial charge is 0.266 e. The number of fused-ring (bicyclic) bond motifs is 4. The maximum Gasteiger partial charge on any atom is 0.266 e. The van der Waals surface area contributed by atoms with Gasteiger partial charge in [0, 0.05) is 31.9 Å². The van der Waals surface area contributed by atoms with Gasteiger partial charge in [0.25, 0.3) is 11.5 Å². The molecule has 0 radical (unpaired) electrons. The fourth-order valence-electron chi connectivity index (χ4n) is 3.49. The van der Waals surface area contributed by atoms with Crippen LogP contribution in [0.4, 0.5) is 0 Å². The zero-order chi connectivity index (χ0) is 18.1. The molecule has 3 aliphatic rings. The summed E-state index contributed by atoms with van der Waals surface area (Å²) >= 11 is 5.83. The highest BCUT2D eigenvalue weighted by atomic mass is 35.5. The molecule has 1 aromatic heterocycles. The fourth-order valence-corrected chi connectivity index (χ4v) is 3.66. The standard InChI is InChI=1S/C18H22ClN3O3/c1-11(2)5-6-22-14-4-3-12(18(22)25)9-21(10-14)17(24)13-7-15(19)16(23)20-8-13/h5,7-8,12,14H,3-4,6,9-10H2,1-2H3,(H,20,23)/t12-,14+/m0/s1. The van der Waals surface area contributed by atoms with Gasteiger partial charge in [-0.15, -0.1) is 0 Å². The topological polar surface area (TPSA) is 73.5 Å². The van der Waals surface area contributed by atoms with Gasteiger partial charge in [-0.1, -0.05) is 23.3 Å². The van der Waals surface area contributed by atoms with Crippen LogP contribution < -0.4 is 5.56 Å². The first-order valence-corrected chi connectivity index (χ1v) is 8.86. The van der Waals surface area contributed by atoms with Gasteiger partial charge in [-0.25, -0.2) is 0 Å². The average molecular weight is 364 g/mol. The second kappa shape index (κ2) is 7.04. The quantitative estimate of drug-likeness (QED) is 0.835. The van der Waals surface area contributed by atoms with Crippen LogP contribution in [0.2, 0.25) is 5.02 Å². The number of pyridine rings is 1. The van der Waals surface area contributed by atoms with E-state index in [0.29, 0.717) is 25.2 Å². The molecule has 2 bridgehead atoms. The van der Waals surface area contributed by atoms with Crippen LogP contribution in [-0.4, -0.2) is 52.3 Å². The van der Waals surface area contributed by atoms with Gasteiger partial charge in [-0.2, -0.15) is 0 Å². The van der Waals surface area contributed by atoms with E-state index in [2.05, 4.69) is 4.98 Å². The molecule has 0 unspecified atom stereocenters. The summed E-state index contributed by atoms with van der Waals surface area (Å²) in [5, 5.41) is -0.00935. The van der Waals surface area contributed by atoms with E-state index in [9.17, 15) is 14.4 Å². The number of carbonyl (C=O) groups is 2. The molecule has 2 atom stereocenters. The van der Waals surface area contributed by atoms with E-state index >= 15 is 0 Å². The summed E-state index contributed by atoms with van der Waals surface area (Å²) in [5.41, 5.74) is 1.09. The van der Waals surface area contributed by atoms with Crippen LogP contribution in [0.3, 0.4) is 0 Å². The van der Waals surface area contributed by atoms with Crippen molar-refractivity contribution in [2.24, 2.45) is 5.92 Å². The third kappa shape index (κ3) is 3.63. The first-order valence-electron chi connectivity index (χ1n) is 8.48. The molecule has 1 N–H and O–H groups in total. The number of carbonyl (C=O) groups excluding carboxylic acids is 2. The third-order valence-corrected chi connectivity index (χ3v) is 5.16. The zero-order valence-electron chi connectivity index (χ0n) is 14.4. The molecule has 3 saturated heterocycles. The molecular formula is C18H22ClN3O3. The monoisotopic (exact) mass is 363 g/mol. The Labute approximate surface area is 151 Å². The Kier molecular flexibility index (Phi) is 4.99. The van der Waals surface area contributed by atoms with E-state index < -0.39 is 5.56 Å². The first-order chi connectivity index (χ1) is 11.9. The number of nitrogens with one attached hydrogen (secondary N) is 1. The molecule has 1 aromatic rings. The molecule has 0 aromatic carbocycles. The lowest BCUT2D eigenvalue weighted by atomic mass is 9.94. The van der Waals surface area contributed by atoms with Crippen molar-refractivity contribution < 1.29 is 9.59 Å². The minimum Gasteiger partial charge on any atom is -0.336 e. The predicted molar refractivity (Wildman–Crippen MR) is 95.6 cm³/mol. The Hall–Kier alpha value is -2.08. The van der Waals surface area contributed by atoms with E-state index in [4.69, 9.17) is 11.6 Å². The Morgan fingerprint density at radius 1 is 1.32 bits per heavy atom. The summed E-state index contributed by atoms with van der Waals surface area (Å²) in [7, 11) is 0. The van der Waals surface area contributed by atoms with Gasteiger partial charge in [0.15, 0.2) is 0 Å². The van der Waals surface area contributed by atoms with Crippen molar-refractivity contribution >= 4 is 23.4 Å². The maximum atomic E-state index is 12.8. The van der Waals surface area contributed by atoms with Crippen LogP contribution in [-0.2, 0) is 4.79 Å². The molecule has 0 saturated carbocycles. The molecule has 3 aliphatic heterocycles. The number of piperidine rings is 1. The number of rotatable bonds is 3. The van der Waals surface area contributed by atoms with Crippen molar-refractivity contribution in [2.75, 3.05) is 19.6 Å². The van der Waals surface area contributed by atoms with Crippen LogP contribution in [0.15, 0.2) is 28.7 Å².